The molecule has 4 aliphatic rings. The average Bonchev–Trinajstić information content (AvgIpc) is 2.83. The molecule has 1 N–H and O–H groups in total. The third-order valence-electron chi connectivity index (χ3n) is 6.02. The molecular weight excluding hydrogens is 265 g/mol. The van der Waals surface area contributed by atoms with Gasteiger partial charge in [0, 0.05) is 12.3 Å². The van der Waals surface area contributed by atoms with Crippen molar-refractivity contribution in [1.29, 1.82) is 0 Å². The predicted molar refractivity (Wildman–Crippen MR) is 81.7 cm³/mol. The SMILES string of the molecule is FC1=CC2C(=CC1)C(C1CCCCC1)OC21CCNCC1. The molecule has 2 unspecified atom stereocenters. The Morgan fingerprint density at radius 1 is 1.14 bits per heavy atom. The number of nitrogens with one attached hydrogen (secondary N) is 1. The Labute approximate surface area is 126 Å². The molecule has 21 heavy (non-hydrogen) atoms. The fourth-order valence-corrected chi connectivity index (χ4v) is 4.91. The number of hydrogen-bond acceptors (Lipinski definition) is 2. The zero-order valence-corrected chi connectivity index (χ0v) is 12.7. The van der Waals surface area contributed by atoms with Gasteiger partial charge >= 0.3 is 0 Å². The number of piperidine rings is 1. The lowest BCUT2D eigenvalue weighted by molar-refractivity contribution is -0.0895. The molecule has 0 aromatic carbocycles. The summed E-state index contributed by atoms with van der Waals surface area (Å²) in [6.45, 7) is 1.99. The van der Waals surface area contributed by atoms with Gasteiger partial charge in [-0.15, -0.1) is 0 Å². The first-order valence-electron chi connectivity index (χ1n) is 8.73. The fraction of sp³-hybridized carbons (Fsp3) is 0.778. The largest absolute Gasteiger partial charge is 0.366 e. The molecule has 2 atom stereocenters. The van der Waals surface area contributed by atoms with Crippen molar-refractivity contribution >= 4 is 0 Å². The molecule has 1 spiro atoms. The van der Waals surface area contributed by atoms with Crippen LogP contribution in [0.15, 0.2) is 23.6 Å². The van der Waals surface area contributed by atoms with Gasteiger partial charge in [-0.25, -0.2) is 4.39 Å². The zero-order valence-electron chi connectivity index (χ0n) is 12.7. The van der Waals surface area contributed by atoms with Gasteiger partial charge in [-0.05, 0) is 56.3 Å². The van der Waals surface area contributed by atoms with Gasteiger partial charge in [-0.1, -0.05) is 25.3 Å². The highest BCUT2D eigenvalue weighted by atomic mass is 19.1. The van der Waals surface area contributed by atoms with Crippen molar-refractivity contribution in [3.63, 3.8) is 0 Å². The Kier molecular flexibility index (Phi) is 3.66. The van der Waals surface area contributed by atoms with Crippen LogP contribution < -0.4 is 5.32 Å². The van der Waals surface area contributed by atoms with E-state index in [1.807, 2.05) is 6.08 Å². The number of hydrogen-bond donors (Lipinski definition) is 1. The van der Waals surface area contributed by atoms with Crippen LogP contribution in [-0.4, -0.2) is 24.8 Å². The van der Waals surface area contributed by atoms with E-state index in [9.17, 15) is 4.39 Å². The van der Waals surface area contributed by atoms with Gasteiger partial charge in [0.1, 0.15) is 5.83 Å². The molecule has 0 amide bonds. The molecule has 3 heteroatoms. The smallest absolute Gasteiger partial charge is 0.100 e. The summed E-state index contributed by atoms with van der Waals surface area (Å²) in [5.74, 6) is 0.895. The van der Waals surface area contributed by atoms with Crippen molar-refractivity contribution in [3.05, 3.63) is 23.6 Å². The van der Waals surface area contributed by atoms with E-state index in [0.717, 1.165) is 25.9 Å². The summed E-state index contributed by atoms with van der Waals surface area (Å²) in [5.41, 5.74) is 1.28. The van der Waals surface area contributed by atoms with Crippen molar-refractivity contribution in [3.8, 4) is 0 Å². The Balaban J connectivity index is 1.64. The molecule has 2 heterocycles. The third kappa shape index (κ3) is 2.39. The number of allylic oxidation sites excluding steroid dienone is 2. The Hall–Kier alpha value is -0.670. The minimum absolute atomic E-state index is 0.0366. The van der Waals surface area contributed by atoms with Gasteiger partial charge in [0.05, 0.1) is 11.7 Å². The van der Waals surface area contributed by atoms with Crippen molar-refractivity contribution in [1.82, 2.24) is 5.32 Å². The van der Waals surface area contributed by atoms with E-state index in [-0.39, 0.29) is 23.4 Å². The number of rotatable bonds is 1. The summed E-state index contributed by atoms with van der Waals surface area (Å²) in [5, 5.41) is 3.42. The maximum atomic E-state index is 13.9. The van der Waals surface area contributed by atoms with E-state index in [1.54, 1.807) is 0 Å². The maximum absolute atomic E-state index is 13.9. The molecule has 2 aliphatic heterocycles. The van der Waals surface area contributed by atoms with Gasteiger partial charge in [0.15, 0.2) is 0 Å². The van der Waals surface area contributed by atoms with Crippen LogP contribution in [0.2, 0.25) is 0 Å². The van der Waals surface area contributed by atoms with Crippen LogP contribution >= 0.6 is 0 Å². The maximum Gasteiger partial charge on any atom is 0.100 e. The van der Waals surface area contributed by atoms with Crippen molar-refractivity contribution in [2.24, 2.45) is 11.8 Å². The second-order valence-corrected chi connectivity index (χ2v) is 7.25. The molecule has 0 radical (unpaired) electrons. The molecule has 2 aliphatic carbocycles. The topological polar surface area (TPSA) is 21.3 Å². The number of fused-ring (bicyclic) bond motifs is 2. The lowest BCUT2D eigenvalue weighted by atomic mass is 9.73. The highest BCUT2D eigenvalue weighted by Crippen LogP contribution is 2.52. The van der Waals surface area contributed by atoms with E-state index < -0.39 is 0 Å². The van der Waals surface area contributed by atoms with Crippen molar-refractivity contribution < 1.29 is 9.13 Å². The van der Waals surface area contributed by atoms with Gasteiger partial charge < -0.3 is 10.1 Å². The highest BCUT2D eigenvalue weighted by molar-refractivity contribution is 5.34. The van der Waals surface area contributed by atoms with Crippen LogP contribution in [-0.2, 0) is 4.74 Å². The monoisotopic (exact) mass is 291 g/mol. The summed E-state index contributed by atoms with van der Waals surface area (Å²) in [6, 6.07) is 0. The van der Waals surface area contributed by atoms with Crippen molar-refractivity contribution in [2.75, 3.05) is 13.1 Å². The van der Waals surface area contributed by atoms with Crippen LogP contribution in [0.3, 0.4) is 0 Å². The Morgan fingerprint density at radius 3 is 2.67 bits per heavy atom. The lowest BCUT2D eigenvalue weighted by Crippen LogP contribution is -2.46. The zero-order chi connectivity index (χ0) is 14.3. The number of ether oxygens (including phenoxy) is 1. The second-order valence-electron chi connectivity index (χ2n) is 7.25. The molecule has 0 aromatic heterocycles. The quantitative estimate of drug-likeness (QED) is 0.740. The van der Waals surface area contributed by atoms with Gasteiger partial charge in [-0.3, -0.25) is 0 Å². The summed E-state index contributed by atoms with van der Waals surface area (Å²) in [6.07, 6.45) is 13.4. The first-order chi connectivity index (χ1) is 10.3. The molecule has 0 bridgehead atoms. The van der Waals surface area contributed by atoms with Gasteiger partial charge in [-0.2, -0.15) is 0 Å². The molecule has 0 aromatic rings. The van der Waals surface area contributed by atoms with E-state index >= 15 is 0 Å². The molecular formula is C18H26FNO. The van der Waals surface area contributed by atoms with Crippen LogP contribution in [0.1, 0.15) is 51.4 Å². The highest BCUT2D eigenvalue weighted by Gasteiger charge is 2.53. The Morgan fingerprint density at radius 2 is 1.90 bits per heavy atom. The van der Waals surface area contributed by atoms with Crippen LogP contribution in [0, 0.1) is 11.8 Å². The molecule has 2 saturated heterocycles. The lowest BCUT2D eigenvalue weighted by Gasteiger charge is -2.38. The molecule has 1 saturated carbocycles. The summed E-state index contributed by atoms with van der Waals surface area (Å²) in [7, 11) is 0. The summed E-state index contributed by atoms with van der Waals surface area (Å²) < 4.78 is 20.6. The Bertz CT molecular complexity index is 458. The van der Waals surface area contributed by atoms with Crippen LogP contribution in [0.5, 0.6) is 0 Å². The van der Waals surface area contributed by atoms with Crippen LogP contribution in [0.25, 0.3) is 0 Å². The third-order valence-corrected chi connectivity index (χ3v) is 6.02. The molecule has 2 nitrogen and oxygen atoms in total. The minimum atomic E-state index is -0.128. The van der Waals surface area contributed by atoms with Crippen LogP contribution in [0.4, 0.5) is 4.39 Å². The van der Waals surface area contributed by atoms with Gasteiger partial charge in [0.25, 0.3) is 0 Å². The second kappa shape index (κ2) is 5.51. The predicted octanol–water partition coefficient (Wildman–Crippen LogP) is 3.89. The van der Waals surface area contributed by atoms with E-state index in [0.29, 0.717) is 12.3 Å². The average molecular weight is 291 g/mol. The van der Waals surface area contributed by atoms with Gasteiger partial charge in [0.2, 0.25) is 0 Å². The first kappa shape index (κ1) is 14.0. The summed E-state index contributed by atoms with van der Waals surface area (Å²) in [4.78, 5) is 0. The summed E-state index contributed by atoms with van der Waals surface area (Å²) >= 11 is 0. The van der Waals surface area contributed by atoms with E-state index in [2.05, 4.69) is 11.4 Å². The standard InChI is InChI=1S/C18H26FNO/c19-14-6-7-15-16(12-14)18(8-10-20-11-9-18)21-17(15)13-4-2-1-3-5-13/h7,12-13,16-17,20H,1-6,8-11H2. The first-order valence-corrected chi connectivity index (χ1v) is 8.73. The normalized spacial score (nSPS) is 36.2. The molecule has 4 rings (SSSR count). The minimum Gasteiger partial charge on any atom is -0.366 e. The van der Waals surface area contributed by atoms with E-state index in [4.69, 9.17) is 4.74 Å². The fourth-order valence-electron chi connectivity index (χ4n) is 4.91. The van der Waals surface area contributed by atoms with E-state index in [1.165, 1.54) is 37.7 Å². The van der Waals surface area contributed by atoms with Crippen molar-refractivity contribution in [2.45, 2.75) is 63.1 Å². The number of halogens is 1. The molecule has 116 valence electrons. The molecule has 3 fully saturated rings.